The fourth-order valence-corrected chi connectivity index (χ4v) is 2.66. The van der Waals surface area contributed by atoms with E-state index in [0.29, 0.717) is 28.0 Å². The van der Waals surface area contributed by atoms with Crippen molar-refractivity contribution in [1.82, 2.24) is 15.4 Å². The molecule has 3 aromatic rings. The van der Waals surface area contributed by atoms with E-state index in [4.69, 9.17) is 17.0 Å². The lowest BCUT2D eigenvalue weighted by molar-refractivity contribution is -0.385. The van der Waals surface area contributed by atoms with E-state index in [0.717, 1.165) is 5.52 Å². The first kappa shape index (κ1) is 18.3. The topological polar surface area (TPSA) is 125 Å². The quantitative estimate of drug-likeness (QED) is 0.260. The van der Waals surface area contributed by atoms with Crippen molar-refractivity contribution in [2.45, 2.75) is 6.92 Å². The molecule has 0 aliphatic rings. The van der Waals surface area contributed by atoms with Gasteiger partial charge in [-0.05, 0) is 49.5 Å². The molecule has 0 saturated heterocycles. The Balaban J connectivity index is 1.73. The molecule has 0 unspecified atom stereocenters. The highest BCUT2D eigenvalue weighted by atomic mass is 32.1. The van der Waals surface area contributed by atoms with E-state index in [1.807, 2.05) is 0 Å². The van der Waals surface area contributed by atoms with Crippen LogP contribution in [0.15, 0.2) is 41.5 Å². The number of nitro groups is 1. The maximum Gasteiger partial charge on any atom is 0.311 e. The van der Waals surface area contributed by atoms with Crippen LogP contribution in [0, 0.1) is 14.9 Å². The van der Waals surface area contributed by atoms with Crippen LogP contribution in [0.4, 0.5) is 5.69 Å². The Morgan fingerprint density at radius 1 is 1.30 bits per heavy atom. The third-order valence-electron chi connectivity index (χ3n) is 3.64. The fraction of sp³-hybridized carbons (Fsp3) is 0.118. The molecule has 0 aliphatic carbocycles. The lowest BCUT2D eigenvalue weighted by atomic mass is 10.2. The van der Waals surface area contributed by atoms with Gasteiger partial charge in [-0.25, -0.2) is 5.43 Å². The monoisotopic (exact) mass is 385 g/mol. The number of aromatic amines is 2. The summed E-state index contributed by atoms with van der Waals surface area (Å²) in [5.74, 6) is -0.241. The number of rotatable bonds is 6. The first-order valence-corrected chi connectivity index (χ1v) is 8.35. The molecule has 0 saturated carbocycles. The maximum absolute atomic E-state index is 12.2. The van der Waals surface area contributed by atoms with Crippen LogP contribution in [0.1, 0.15) is 22.8 Å². The predicted octanol–water partition coefficient (Wildman–Crippen LogP) is 3.30. The molecule has 0 radical (unpaired) electrons. The minimum atomic E-state index is -0.531. The number of H-pyrrole nitrogens is 2. The van der Waals surface area contributed by atoms with E-state index >= 15 is 0 Å². The van der Waals surface area contributed by atoms with Crippen LogP contribution >= 0.6 is 12.2 Å². The van der Waals surface area contributed by atoms with E-state index in [1.165, 1.54) is 18.3 Å². The molecule has 0 fully saturated rings. The molecule has 2 aromatic carbocycles. The number of imidazole rings is 1. The number of nitrogens with zero attached hydrogens (tertiary/aromatic N) is 2. The Bertz CT molecular complexity index is 1100. The van der Waals surface area contributed by atoms with Crippen LogP contribution in [-0.4, -0.2) is 33.6 Å². The molecule has 1 heterocycles. The highest BCUT2D eigenvalue weighted by molar-refractivity contribution is 7.71. The zero-order valence-corrected chi connectivity index (χ0v) is 15.0. The molecular formula is C17H15N5O4S. The summed E-state index contributed by atoms with van der Waals surface area (Å²) in [6, 6.07) is 9.44. The summed E-state index contributed by atoms with van der Waals surface area (Å²) in [4.78, 5) is 28.7. The van der Waals surface area contributed by atoms with Crippen molar-refractivity contribution in [1.29, 1.82) is 0 Å². The van der Waals surface area contributed by atoms with Crippen LogP contribution in [0.25, 0.3) is 11.0 Å². The van der Waals surface area contributed by atoms with Crippen molar-refractivity contribution in [3.05, 3.63) is 62.4 Å². The largest absolute Gasteiger partial charge is 0.487 e. The normalized spacial score (nSPS) is 11.0. The van der Waals surface area contributed by atoms with Crippen LogP contribution in [0.5, 0.6) is 5.75 Å². The average molecular weight is 385 g/mol. The van der Waals surface area contributed by atoms with E-state index in [-0.39, 0.29) is 11.4 Å². The first-order chi connectivity index (χ1) is 13.0. The number of hydrazone groups is 1. The van der Waals surface area contributed by atoms with E-state index in [1.54, 1.807) is 31.2 Å². The smallest absolute Gasteiger partial charge is 0.311 e. The Labute approximate surface area is 158 Å². The molecule has 3 rings (SSSR count). The van der Waals surface area contributed by atoms with Gasteiger partial charge in [0.2, 0.25) is 0 Å². The summed E-state index contributed by atoms with van der Waals surface area (Å²) in [5.41, 5.74) is 4.57. The Morgan fingerprint density at radius 3 is 2.81 bits per heavy atom. The number of aromatic nitrogens is 2. The van der Waals surface area contributed by atoms with Crippen LogP contribution in [0.3, 0.4) is 0 Å². The van der Waals surface area contributed by atoms with Crippen molar-refractivity contribution in [2.24, 2.45) is 5.10 Å². The highest BCUT2D eigenvalue weighted by Crippen LogP contribution is 2.27. The molecule has 0 aliphatic heterocycles. The third-order valence-corrected chi connectivity index (χ3v) is 3.84. The standard InChI is InChI=1S/C17H15N5O4S/c1-2-26-15-6-3-10(7-14(15)22(24)25)9-18-21-16(23)11-4-5-12-13(8-11)20-17(27)19-12/h3-9H,2H2,1H3,(H,21,23)(H2,19,20,27)/b18-9-. The number of nitro benzene ring substituents is 1. The second kappa shape index (κ2) is 7.79. The Morgan fingerprint density at radius 2 is 2.07 bits per heavy atom. The minimum Gasteiger partial charge on any atom is -0.487 e. The highest BCUT2D eigenvalue weighted by Gasteiger charge is 2.15. The first-order valence-electron chi connectivity index (χ1n) is 7.94. The average Bonchev–Trinajstić information content (AvgIpc) is 3.01. The van der Waals surface area contributed by atoms with Crippen molar-refractivity contribution < 1.29 is 14.5 Å². The summed E-state index contributed by atoms with van der Waals surface area (Å²) in [6.45, 7) is 2.06. The molecule has 0 atom stereocenters. The van der Waals surface area contributed by atoms with E-state index in [2.05, 4.69) is 20.5 Å². The van der Waals surface area contributed by atoms with Crippen LogP contribution in [-0.2, 0) is 0 Å². The van der Waals surface area contributed by atoms with Gasteiger partial charge >= 0.3 is 5.69 Å². The molecule has 9 nitrogen and oxygen atoms in total. The number of carbonyl (C=O) groups is 1. The molecule has 27 heavy (non-hydrogen) atoms. The summed E-state index contributed by atoms with van der Waals surface area (Å²) in [7, 11) is 0. The number of carbonyl (C=O) groups excluding carboxylic acids is 1. The van der Waals surface area contributed by atoms with Gasteiger partial charge in [0.25, 0.3) is 5.91 Å². The molecule has 10 heteroatoms. The van der Waals surface area contributed by atoms with Gasteiger partial charge in [-0.15, -0.1) is 0 Å². The zero-order valence-electron chi connectivity index (χ0n) is 14.2. The predicted molar refractivity (Wildman–Crippen MR) is 103 cm³/mol. The molecule has 3 N–H and O–H groups in total. The van der Waals surface area contributed by atoms with Gasteiger partial charge < -0.3 is 14.7 Å². The fourth-order valence-electron chi connectivity index (χ4n) is 2.44. The Hall–Kier alpha value is -3.53. The number of amides is 1. The Kier molecular flexibility index (Phi) is 5.27. The van der Waals surface area contributed by atoms with E-state index < -0.39 is 10.8 Å². The van der Waals surface area contributed by atoms with Crippen molar-refractivity contribution >= 4 is 41.1 Å². The van der Waals surface area contributed by atoms with E-state index in [9.17, 15) is 14.9 Å². The van der Waals surface area contributed by atoms with Gasteiger partial charge in [-0.2, -0.15) is 5.10 Å². The van der Waals surface area contributed by atoms with Gasteiger partial charge in [0.15, 0.2) is 10.5 Å². The van der Waals surface area contributed by atoms with Gasteiger partial charge in [-0.1, -0.05) is 0 Å². The minimum absolute atomic E-state index is 0.166. The second-order valence-corrected chi connectivity index (χ2v) is 5.86. The van der Waals surface area contributed by atoms with Gasteiger partial charge in [0.05, 0.1) is 28.8 Å². The van der Waals surface area contributed by atoms with Crippen molar-refractivity contribution in [3.63, 3.8) is 0 Å². The molecule has 138 valence electrons. The van der Waals surface area contributed by atoms with Crippen molar-refractivity contribution in [3.8, 4) is 5.75 Å². The number of nitrogens with one attached hydrogen (secondary N) is 3. The summed E-state index contributed by atoms with van der Waals surface area (Å²) >= 11 is 5.01. The summed E-state index contributed by atoms with van der Waals surface area (Å²) < 4.78 is 5.69. The number of benzene rings is 2. The van der Waals surface area contributed by atoms with Gasteiger partial charge in [0.1, 0.15) is 0 Å². The lowest BCUT2D eigenvalue weighted by Crippen LogP contribution is -2.17. The number of ether oxygens (including phenoxy) is 1. The third kappa shape index (κ3) is 4.18. The van der Waals surface area contributed by atoms with Crippen molar-refractivity contribution in [2.75, 3.05) is 6.61 Å². The number of fused-ring (bicyclic) bond motifs is 1. The second-order valence-electron chi connectivity index (χ2n) is 5.46. The summed E-state index contributed by atoms with van der Waals surface area (Å²) in [6.07, 6.45) is 1.32. The van der Waals surface area contributed by atoms with Gasteiger partial charge in [-0.3, -0.25) is 14.9 Å². The molecule has 0 spiro atoms. The van der Waals surface area contributed by atoms with Crippen LogP contribution in [0.2, 0.25) is 0 Å². The summed E-state index contributed by atoms with van der Waals surface area (Å²) in [5, 5.41) is 15.0. The number of hydrogen-bond acceptors (Lipinski definition) is 6. The van der Waals surface area contributed by atoms with Gasteiger partial charge in [0, 0.05) is 17.2 Å². The molecule has 1 amide bonds. The molecular weight excluding hydrogens is 370 g/mol. The zero-order chi connectivity index (χ0) is 19.4. The lowest BCUT2D eigenvalue weighted by Gasteiger charge is -2.04. The molecule has 1 aromatic heterocycles. The number of hydrogen-bond donors (Lipinski definition) is 3. The molecule has 0 bridgehead atoms. The maximum atomic E-state index is 12.2. The SMILES string of the molecule is CCOc1ccc(/C=N\NC(=O)c2ccc3[nH]c(=S)[nH]c3c2)cc1[N+](=O)[O-]. The van der Waals surface area contributed by atoms with Crippen LogP contribution < -0.4 is 10.2 Å².